The average molecular weight is 258 g/mol. The summed E-state index contributed by atoms with van der Waals surface area (Å²) in [6.07, 6.45) is 3.85. The van der Waals surface area contributed by atoms with Gasteiger partial charge in [0.1, 0.15) is 21.3 Å². The summed E-state index contributed by atoms with van der Waals surface area (Å²) in [4.78, 5) is 19.3. The molecular formula is C9H14N4O3S. The summed E-state index contributed by atoms with van der Waals surface area (Å²) in [5.41, 5.74) is 0.150. The van der Waals surface area contributed by atoms with Gasteiger partial charge in [-0.3, -0.25) is 4.79 Å². The second-order valence-electron chi connectivity index (χ2n) is 3.42. The Hall–Kier alpha value is -1.70. The van der Waals surface area contributed by atoms with E-state index in [2.05, 4.69) is 20.6 Å². The third-order valence-corrected chi connectivity index (χ3v) is 2.84. The topological polar surface area (TPSA) is 101 Å². The molecule has 1 rings (SSSR count). The normalized spacial score (nSPS) is 10.9. The minimum absolute atomic E-state index is 0.0626. The SMILES string of the molecule is CNc1cnc(C(=O)NCCS(C)(=O)=O)cn1. The van der Waals surface area contributed by atoms with Crippen LogP contribution in [0.5, 0.6) is 0 Å². The van der Waals surface area contributed by atoms with Crippen molar-refractivity contribution in [1.29, 1.82) is 0 Å². The quantitative estimate of drug-likeness (QED) is 0.723. The Morgan fingerprint density at radius 1 is 1.35 bits per heavy atom. The van der Waals surface area contributed by atoms with Gasteiger partial charge in [0.2, 0.25) is 0 Å². The lowest BCUT2D eigenvalue weighted by atomic mass is 10.4. The number of nitrogens with zero attached hydrogens (tertiary/aromatic N) is 2. The maximum atomic E-state index is 11.5. The van der Waals surface area contributed by atoms with Gasteiger partial charge in [0.05, 0.1) is 18.1 Å². The Labute approximate surface area is 99.6 Å². The minimum Gasteiger partial charge on any atom is -0.372 e. The molecule has 0 saturated heterocycles. The van der Waals surface area contributed by atoms with Gasteiger partial charge in [-0.05, 0) is 0 Å². The lowest BCUT2D eigenvalue weighted by molar-refractivity contribution is 0.0951. The number of aromatic nitrogens is 2. The molecule has 17 heavy (non-hydrogen) atoms. The van der Waals surface area contributed by atoms with Gasteiger partial charge in [0.25, 0.3) is 5.91 Å². The highest BCUT2D eigenvalue weighted by Gasteiger charge is 2.08. The highest BCUT2D eigenvalue weighted by molar-refractivity contribution is 7.90. The van der Waals surface area contributed by atoms with Crippen LogP contribution in [0.15, 0.2) is 12.4 Å². The molecule has 1 amide bonds. The molecule has 0 aliphatic rings. The number of sulfone groups is 1. The van der Waals surface area contributed by atoms with E-state index in [0.717, 1.165) is 6.26 Å². The van der Waals surface area contributed by atoms with Crippen LogP contribution in [0.1, 0.15) is 10.5 Å². The van der Waals surface area contributed by atoms with Crippen molar-refractivity contribution in [3.05, 3.63) is 18.1 Å². The van der Waals surface area contributed by atoms with Crippen LogP contribution in [-0.2, 0) is 9.84 Å². The largest absolute Gasteiger partial charge is 0.372 e. The van der Waals surface area contributed by atoms with Gasteiger partial charge in [-0.25, -0.2) is 18.4 Å². The third kappa shape index (κ3) is 4.77. The van der Waals surface area contributed by atoms with Gasteiger partial charge in [0, 0.05) is 19.8 Å². The van der Waals surface area contributed by atoms with Gasteiger partial charge in [-0.1, -0.05) is 0 Å². The zero-order chi connectivity index (χ0) is 12.9. The van der Waals surface area contributed by atoms with E-state index in [4.69, 9.17) is 0 Å². The summed E-state index contributed by atoms with van der Waals surface area (Å²) in [5.74, 6) is 0.0160. The second kappa shape index (κ2) is 5.58. The van der Waals surface area contributed by atoms with E-state index in [0.29, 0.717) is 5.82 Å². The minimum atomic E-state index is -3.07. The molecule has 2 N–H and O–H groups in total. The molecule has 0 saturated carbocycles. The summed E-state index contributed by atoms with van der Waals surface area (Å²) in [5, 5.41) is 5.22. The van der Waals surface area contributed by atoms with Crippen molar-refractivity contribution in [3.63, 3.8) is 0 Å². The maximum Gasteiger partial charge on any atom is 0.271 e. The Morgan fingerprint density at radius 3 is 2.53 bits per heavy atom. The van der Waals surface area contributed by atoms with Gasteiger partial charge in [-0.15, -0.1) is 0 Å². The standard InChI is InChI=1S/C9H14N4O3S/c1-10-8-6-12-7(5-13-8)9(14)11-3-4-17(2,15)16/h5-6H,3-4H2,1-2H3,(H,10,13)(H,11,14). The molecule has 0 bridgehead atoms. The van der Waals surface area contributed by atoms with Crippen molar-refractivity contribution in [3.8, 4) is 0 Å². The first-order chi connectivity index (χ1) is 7.92. The first kappa shape index (κ1) is 13.4. The Balaban J connectivity index is 2.52. The highest BCUT2D eigenvalue weighted by atomic mass is 32.2. The molecular weight excluding hydrogens is 244 g/mol. The molecule has 0 spiro atoms. The molecule has 7 nitrogen and oxygen atoms in total. The van der Waals surface area contributed by atoms with Crippen molar-refractivity contribution < 1.29 is 13.2 Å². The van der Waals surface area contributed by atoms with Gasteiger partial charge in [-0.2, -0.15) is 0 Å². The van der Waals surface area contributed by atoms with Crippen LogP contribution >= 0.6 is 0 Å². The zero-order valence-corrected chi connectivity index (χ0v) is 10.4. The van der Waals surface area contributed by atoms with Crippen LogP contribution in [0.25, 0.3) is 0 Å². The predicted octanol–water partition coefficient (Wildman–Crippen LogP) is -0.707. The molecule has 0 atom stereocenters. The molecule has 8 heteroatoms. The van der Waals surface area contributed by atoms with E-state index >= 15 is 0 Å². The predicted molar refractivity (Wildman–Crippen MR) is 63.6 cm³/mol. The van der Waals surface area contributed by atoms with E-state index in [9.17, 15) is 13.2 Å². The summed E-state index contributed by atoms with van der Waals surface area (Å²) >= 11 is 0. The monoisotopic (exact) mass is 258 g/mol. The maximum absolute atomic E-state index is 11.5. The van der Waals surface area contributed by atoms with Gasteiger partial charge in [0.15, 0.2) is 0 Å². The highest BCUT2D eigenvalue weighted by Crippen LogP contribution is 1.99. The van der Waals surface area contributed by atoms with Gasteiger partial charge >= 0.3 is 0 Å². The summed E-state index contributed by atoms with van der Waals surface area (Å²) in [6.45, 7) is 0.0626. The van der Waals surface area contributed by atoms with E-state index in [1.165, 1.54) is 12.4 Å². The van der Waals surface area contributed by atoms with E-state index in [1.807, 2.05) is 0 Å². The first-order valence-electron chi connectivity index (χ1n) is 4.88. The number of rotatable bonds is 5. The van der Waals surface area contributed by atoms with Crippen LogP contribution < -0.4 is 10.6 Å². The van der Waals surface area contributed by atoms with Crippen LogP contribution in [0, 0.1) is 0 Å². The summed E-state index contributed by atoms with van der Waals surface area (Å²) < 4.78 is 21.7. The van der Waals surface area contributed by atoms with Crippen molar-refractivity contribution in [2.75, 3.05) is 30.9 Å². The fourth-order valence-electron chi connectivity index (χ4n) is 1.01. The molecule has 0 aliphatic heterocycles. The molecule has 1 aromatic rings. The lowest BCUT2D eigenvalue weighted by Gasteiger charge is -2.04. The molecule has 0 radical (unpaired) electrons. The van der Waals surface area contributed by atoms with E-state index < -0.39 is 15.7 Å². The summed E-state index contributed by atoms with van der Waals surface area (Å²) in [7, 11) is -1.38. The molecule has 94 valence electrons. The Bertz CT molecular complexity index is 483. The van der Waals surface area contributed by atoms with Gasteiger partial charge < -0.3 is 10.6 Å². The molecule has 0 aromatic carbocycles. The van der Waals surface area contributed by atoms with Crippen molar-refractivity contribution >= 4 is 21.6 Å². The van der Waals surface area contributed by atoms with E-state index in [1.54, 1.807) is 7.05 Å². The molecule has 1 aromatic heterocycles. The first-order valence-corrected chi connectivity index (χ1v) is 6.94. The number of anilines is 1. The number of amides is 1. The molecule has 0 unspecified atom stereocenters. The fraction of sp³-hybridized carbons (Fsp3) is 0.444. The van der Waals surface area contributed by atoms with Crippen LogP contribution in [-0.4, -0.2) is 49.9 Å². The summed E-state index contributed by atoms with van der Waals surface area (Å²) in [6, 6.07) is 0. The second-order valence-corrected chi connectivity index (χ2v) is 5.68. The molecule has 0 fully saturated rings. The Kier molecular flexibility index (Phi) is 4.38. The lowest BCUT2D eigenvalue weighted by Crippen LogP contribution is -2.29. The molecule has 0 aliphatic carbocycles. The number of hydrogen-bond donors (Lipinski definition) is 2. The van der Waals surface area contributed by atoms with E-state index in [-0.39, 0.29) is 18.0 Å². The van der Waals surface area contributed by atoms with Crippen molar-refractivity contribution in [1.82, 2.24) is 15.3 Å². The zero-order valence-electron chi connectivity index (χ0n) is 9.60. The van der Waals surface area contributed by atoms with Crippen molar-refractivity contribution in [2.24, 2.45) is 0 Å². The number of carbonyl (C=O) groups is 1. The van der Waals surface area contributed by atoms with Crippen LogP contribution in [0.3, 0.4) is 0 Å². The van der Waals surface area contributed by atoms with Crippen LogP contribution in [0.4, 0.5) is 5.82 Å². The fourth-order valence-corrected chi connectivity index (χ4v) is 1.49. The molecule has 1 heterocycles. The number of hydrogen-bond acceptors (Lipinski definition) is 6. The average Bonchev–Trinajstić information content (AvgIpc) is 2.27. The van der Waals surface area contributed by atoms with Crippen molar-refractivity contribution in [2.45, 2.75) is 0 Å². The number of nitrogens with one attached hydrogen (secondary N) is 2. The smallest absolute Gasteiger partial charge is 0.271 e. The third-order valence-electron chi connectivity index (χ3n) is 1.90. The number of carbonyl (C=O) groups excluding carboxylic acids is 1. The van der Waals surface area contributed by atoms with Crippen LogP contribution in [0.2, 0.25) is 0 Å². The Morgan fingerprint density at radius 2 is 2.06 bits per heavy atom.